The van der Waals surface area contributed by atoms with Gasteiger partial charge in [0, 0.05) is 30.0 Å². The number of carbonyl (C=O) groups is 2. The van der Waals surface area contributed by atoms with Crippen molar-refractivity contribution in [3.05, 3.63) is 34.9 Å². The molecule has 1 fully saturated rings. The number of nitriles is 1. The summed E-state index contributed by atoms with van der Waals surface area (Å²) in [6.07, 6.45) is 2.82. The summed E-state index contributed by atoms with van der Waals surface area (Å²) in [5.41, 5.74) is 2.03. The summed E-state index contributed by atoms with van der Waals surface area (Å²) in [6, 6.07) is 7.26. The van der Waals surface area contributed by atoms with Crippen LogP contribution >= 0.6 is 0 Å². The zero-order valence-corrected chi connectivity index (χ0v) is 14.5. The smallest absolute Gasteiger partial charge is 0.550 e. The molecule has 0 saturated carbocycles. The Morgan fingerprint density at radius 2 is 2.09 bits per heavy atom. The van der Waals surface area contributed by atoms with E-state index in [4.69, 9.17) is 5.26 Å². The maximum atomic E-state index is 12.7. The van der Waals surface area contributed by atoms with Crippen molar-refractivity contribution in [1.82, 2.24) is 4.90 Å². The summed E-state index contributed by atoms with van der Waals surface area (Å²) < 4.78 is 0. The molecular weight excluding hydrogens is 291 g/mol. The molecular formula is C16H15N2NaO3. The fourth-order valence-corrected chi connectivity index (χ4v) is 3.32. The molecule has 0 radical (unpaired) electrons. The molecule has 2 heterocycles. The number of benzene rings is 1. The van der Waals surface area contributed by atoms with Gasteiger partial charge in [-0.25, -0.2) is 0 Å². The number of carbonyl (C=O) groups excluding carboxylic acids is 2. The third kappa shape index (κ3) is 3.05. The fourth-order valence-electron chi connectivity index (χ4n) is 3.32. The van der Waals surface area contributed by atoms with E-state index in [1.165, 1.54) is 0 Å². The molecule has 1 amide bonds. The average Bonchev–Trinajstić information content (AvgIpc) is 2.64. The minimum Gasteiger partial charge on any atom is -0.550 e. The molecule has 108 valence electrons. The molecule has 1 aromatic carbocycles. The van der Waals surface area contributed by atoms with Gasteiger partial charge in [-0.1, -0.05) is 0 Å². The molecule has 2 aliphatic heterocycles. The second-order valence-electron chi connectivity index (χ2n) is 5.73. The van der Waals surface area contributed by atoms with E-state index in [0.29, 0.717) is 24.0 Å². The largest absolute Gasteiger partial charge is 1.00 e. The maximum Gasteiger partial charge on any atom is 1.00 e. The molecule has 6 heteroatoms. The molecule has 22 heavy (non-hydrogen) atoms. The zero-order chi connectivity index (χ0) is 15.0. The van der Waals surface area contributed by atoms with Gasteiger partial charge in [-0.15, -0.1) is 0 Å². The van der Waals surface area contributed by atoms with Crippen molar-refractivity contribution in [2.45, 2.75) is 31.7 Å². The number of carboxylic acid groups (broad SMARTS) is 1. The standard InChI is InChI=1S/C16H16N2O3.Na/c17-8-10-1-6-14-11(7-10)2-4-13-5-3-12(16(20)21)9-18(13)15(14)19;/h1,6-7,12-13H,2-5,9H2,(H,20,21);/q;+1/p-1. The minimum atomic E-state index is -1.08. The van der Waals surface area contributed by atoms with Crippen LogP contribution in [0.15, 0.2) is 18.2 Å². The van der Waals surface area contributed by atoms with Crippen molar-refractivity contribution in [2.24, 2.45) is 5.92 Å². The van der Waals surface area contributed by atoms with Crippen molar-refractivity contribution >= 4 is 11.9 Å². The SMILES string of the molecule is N#Cc1ccc2c(c1)CCC1CCC(C(=O)[O-])CN1C2=O.[Na+]. The number of hydrogen-bond donors (Lipinski definition) is 0. The van der Waals surface area contributed by atoms with Gasteiger partial charge in [0.1, 0.15) is 0 Å². The minimum absolute atomic E-state index is 0. The summed E-state index contributed by atoms with van der Waals surface area (Å²) in [7, 11) is 0. The Kier molecular flexibility index (Phi) is 5.28. The third-order valence-corrected chi connectivity index (χ3v) is 4.51. The number of piperidine rings is 1. The predicted molar refractivity (Wildman–Crippen MR) is 72.0 cm³/mol. The zero-order valence-electron chi connectivity index (χ0n) is 12.5. The van der Waals surface area contributed by atoms with E-state index in [-0.39, 0.29) is 48.1 Å². The number of aryl methyl sites for hydroxylation is 1. The fraction of sp³-hybridized carbons (Fsp3) is 0.438. The second-order valence-corrected chi connectivity index (χ2v) is 5.73. The van der Waals surface area contributed by atoms with Crippen LogP contribution in [0.25, 0.3) is 0 Å². The Morgan fingerprint density at radius 3 is 2.77 bits per heavy atom. The van der Waals surface area contributed by atoms with Crippen LogP contribution in [-0.2, 0) is 11.2 Å². The first-order valence-corrected chi connectivity index (χ1v) is 7.15. The van der Waals surface area contributed by atoms with Crippen LogP contribution in [0.3, 0.4) is 0 Å². The Labute approximate surface area is 151 Å². The van der Waals surface area contributed by atoms with Crippen molar-refractivity contribution in [3.63, 3.8) is 0 Å². The van der Waals surface area contributed by atoms with Gasteiger partial charge in [0.05, 0.1) is 11.6 Å². The second kappa shape index (κ2) is 6.82. The molecule has 0 aliphatic carbocycles. The summed E-state index contributed by atoms with van der Waals surface area (Å²) in [5.74, 6) is -1.78. The molecule has 2 unspecified atom stereocenters. The van der Waals surface area contributed by atoms with Gasteiger partial charge in [0.2, 0.25) is 0 Å². The first kappa shape index (κ1) is 17.0. The van der Waals surface area contributed by atoms with Gasteiger partial charge in [0.25, 0.3) is 5.91 Å². The van der Waals surface area contributed by atoms with Gasteiger partial charge in [-0.2, -0.15) is 5.26 Å². The quantitative estimate of drug-likeness (QED) is 0.536. The Bertz CT molecular complexity index is 653. The Balaban J connectivity index is 0.00000176. The van der Waals surface area contributed by atoms with Crippen molar-refractivity contribution in [2.75, 3.05) is 6.54 Å². The van der Waals surface area contributed by atoms with E-state index in [0.717, 1.165) is 18.4 Å². The average molecular weight is 306 g/mol. The molecule has 3 rings (SSSR count). The summed E-state index contributed by atoms with van der Waals surface area (Å²) in [6.45, 7) is 0.227. The number of nitrogens with zero attached hydrogens (tertiary/aromatic N) is 2. The van der Waals surface area contributed by atoms with Gasteiger partial charge in [-0.05, 0) is 49.4 Å². The van der Waals surface area contributed by atoms with Crippen molar-refractivity contribution in [1.29, 1.82) is 5.26 Å². The third-order valence-electron chi connectivity index (χ3n) is 4.51. The van der Waals surface area contributed by atoms with Crippen LogP contribution in [0.1, 0.15) is 40.7 Å². The van der Waals surface area contributed by atoms with Gasteiger partial charge >= 0.3 is 29.6 Å². The number of carboxylic acids is 1. The Hall–Kier alpha value is -1.35. The van der Waals surface area contributed by atoms with Crippen LogP contribution < -0.4 is 34.7 Å². The van der Waals surface area contributed by atoms with Crippen LogP contribution in [-0.4, -0.2) is 29.4 Å². The monoisotopic (exact) mass is 306 g/mol. The summed E-state index contributed by atoms with van der Waals surface area (Å²) >= 11 is 0. The van der Waals surface area contributed by atoms with Crippen molar-refractivity contribution in [3.8, 4) is 6.07 Å². The van der Waals surface area contributed by atoms with Gasteiger partial charge in [-0.3, -0.25) is 4.79 Å². The van der Waals surface area contributed by atoms with E-state index >= 15 is 0 Å². The van der Waals surface area contributed by atoms with E-state index < -0.39 is 11.9 Å². The van der Waals surface area contributed by atoms with E-state index in [1.54, 1.807) is 23.1 Å². The number of aliphatic carboxylic acids is 1. The molecule has 2 atom stereocenters. The molecule has 0 spiro atoms. The first-order valence-electron chi connectivity index (χ1n) is 7.15. The predicted octanol–water partition coefficient (Wildman–Crippen LogP) is -2.52. The maximum absolute atomic E-state index is 12.7. The molecule has 1 aromatic rings. The molecule has 0 bridgehead atoms. The summed E-state index contributed by atoms with van der Waals surface area (Å²) in [4.78, 5) is 25.4. The molecule has 5 nitrogen and oxygen atoms in total. The van der Waals surface area contributed by atoms with E-state index in [2.05, 4.69) is 6.07 Å². The number of fused-ring (bicyclic) bond motifs is 2. The van der Waals surface area contributed by atoms with Crippen molar-refractivity contribution < 1.29 is 44.3 Å². The number of amides is 1. The van der Waals surface area contributed by atoms with E-state index in [9.17, 15) is 14.7 Å². The van der Waals surface area contributed by atoms with E-state index in [1.807, 2.05) is 0 Å². The van der Waals surface area contributed by atoms with Gasteiger partial charge in [0.15, 0.2) is 0 Å². The van der Waals surface area contributed by atoms with Crippen LogP contribution in [0.2, 0.25) is 0 Å². The Morgan fingerprint density at radius 1 is 1.32 bits per heavy atom. The van der Waals surface area contributed by atoms with Gasteiger partial charge < -0.3 is 14.8 Å². The van der Waals surface area contributed by atoms with Crippen LogP contribution in [0, 0.1) is 17.2 Å². The molecule has 2 aliphatic rings. The van der Waals surface area contributed by atoms with Crippen LogP contribution in [0.5, 0.6) is 0 Å². The molecule has 0 aromatic heterocycles. The van der Waals surface area contributed by atoms with Crippen LogP contribution in [0.4, 0.5) is 0 Å². The normalized spacial score (nSPS) is 23.4. The molecule has 1 saturated heterocycles. The molecule has 0 N–H and O–H groups in total. The summed E-state index contributed by atoms with van der Waals surface area (Å²) in [5, 5.41) is 20.0. The number of rotatable bonds is 1. The first-order chi connectivity index (χ1) is 10.1. The number of hydrogen-bond acceptors (Lipinski definition) is 4. The topological polar surface area (TPSA) is 84.2 Å².